The lowest BCUT2D eigenvalue weighted by molar-refractivity contribution is 0.571. The molecular weight excluding hydrogens is 188 g/mol. The van der Waals surface area contributed by atoms with Crippen LogP contribution in [0.4, 0.5) is 0 Å². The molecule has 64 valence electrons. The first-order chi connectivity index (χ1) is 5.47. The summed E-state index contributed by atoms with van der Waals surface area (Å²) in [6.45, 7) is 6.28. The van der Waals surface area contributed by atoms with Gasteiger partial charge in [0, 0.05) is 10.8 Å². The van der Waals surface area contributed by atoms with Crippen LogP contribution in [0.3, 0.4) is 0 Å². The first kappa shape index (κ1) is 9.64. The van der Waals surface area contributed by atoms with Crippen molar-refractivity contribution in [2.75, 3.05) is 0 Å². The van der Waals surface area contributed by atoms with Crippen LogP contribution < -0.4 is 0 Å². The van der Waals surface area contributed by atoms with Crippen molar-refractivity contribution in [3.05, 3.63) is 21.3 Å². The fraction of sp³-hybridized carbons (Fsp3) is 0.400. The Morgan fingerprint density at radius 1 is 1.42 bits per heavy atom. The van der Waals surface area contributed by atoms with E-state index in [0.29, 0.717) is 0 Å². The van der Waals surface area contributed by atoms with Crippen LogP contribution in [0.1, 0.15) is 25.6 Å². The molecule has 0 fully saturated rings. The van der Waals surface area contributed by atoms with Crippen LogP contribution in [-0.4, -0.2) is 0 Å². The predicted octanol–water partition coefficient (Wildman–Crippen LogP) is 3.80. The Balaban J connectivity index is 2.80. The van der Waals surface area contributed by atoms with Gasteiger partial charge in [-0.25, -0.2) is 0 Å². The molecule has 0 saturated heterocycles. The normalized spacial score (nSPS) is 10.7. The van der Waals surface area contributed by atoms with Crippen molar-refractivity contribution in [1.82, 2.24) is 0 Å². The van der Waals surface area contributed by atoms with Gasteiger partial charge in [0.05, 0.1) is 9.90 Å². The van der Waals surface area contributed by atoms with Crippen LogP contribution in [0, 0.1) is 17.3 Å². The predicted molar refractivity (Wildman–Crippen MR) is 55.7 cm³/mol. The van der Waals surface area contributed by atoms with Gasteiger partial charge in [-0.2, -0.15) is 0 Å². The monoisotopic (exact) mass is 198 g/mol. The average molecular weight is 199 g/mol. The molecule has 1 aromatic rings. The van der Waals surface area contributed by atoms with E-state index in [1.807, 2.05) is 11.4 Å². The first-order valence-electron chi connectivity index (χ1n) is 3.74. The van der Waals surface area contributed by atoms with Crippen LogP contribution in [0.15, 0.2) is 11.4 Å². The lowest BCUT2D eigenvalue weighted by atomic mass is 9.98. The highest BCUT2D eigenvalue weighted by molar-refractivity contribution is 7.11. The van der Waals surface area contributed by atoms with Crippen molar-refractivity contribution >= 4 is 22.9 Å². The van der Waals surface area contributed by atoms with E-state index >= 15 is 0 Å². The van der Waals surface area contributed by atoms with Crippen molar-refractivity contribution in [3.8, 4) is 11.8 Å². The maximum atomic E-state index is 5.75. The van der Waals surface area contributed by atoms with Gasteiger partial charge in [-0.1, -0.05) is 23.4 Å². The molecule has 0 aliphatic heterocycles. The van der Waals surface area contributed by atoms with E-state index in [1.54, 1.807) is 11.3 Å². The SMILES string of the molecule is CC(C)(C)C#Cc1cc(Cl)cs1. The molecule has 1 rings (SSSR count). The Labute approximate surface area is 82.6 Å². The minimum Gasteiger partial charge on any atom is -0.134 e. The van der Waals surface area contributed by atoms with Crippen molar-refractivity contribution < 1.29 is 0 Å². The molecule has 0 unspecified atom stereocenters. The van der Waals surface area contributed by atoms with Crippen molar-refractivity contribution in [2.45, 2.75) is 20.8 Å². The second-order valence-corrected chi connectivity index (χ2v) is 4.98. The van der Waals surface area contributed by atoms with E-state index in [9.17, 15) is 0 Å². The maximum Gasteiger partial charge on any atom is 0.0783 e. The summed E-state index contributed by atoms with van der Waals surface area (Å²) in [7, 11) is 0. The average Bonchev–Trinajstić information content (AvgIpc) is 2.30. The molecule has 1 heterocycles. The first-order valence-corrected chi connectivity index (χ1v) is 5.00. The zero-order valence-corrected chi connectivity index (χ0v) is 9.01. The molecule has 0 amide bonds. The van der Waals surface area contributed by atoms with Crippen molar-refractivity contribution in [3.63, 3.8) is 0 Å². The lowest BCUT2D eigenvalue weighted by Crippen LogP contribution is -1.98. The molecule has 0 N–H and O–H groups in total. The fourth-order valence-corrected chi connectivity index (χ4v) is 1.55. The lowest BCUT2D eigenvalue weighted by Gasteiger charge is -2.06. The third-order valence-corrected chi connectivity index (χ3v) is 2.32. The van der Waals surface area contributed by atoms with Crippen molar-refractivity contribution in [1.29, 1.82) is 0 Å². The highest BCUT2D eigenvalue weighted by atomic mass is 35.5. The quantitative estimate of drug-likeness (QED) is 0.557. The fourth-order valence-electron chi connectivity index (χ4n) is 0.628. The number of thiophene rings is 1. The van der Waals surface area contributed by atoms with Crippen LogP contribution in [0.5, 0.6) is 0 Å². The number of rotatable bonds is 0. The number of halogens is 1. The summed E-state index contributed by atoms with van der Waals surface area (Å²) in [5, 5.41) is 2.67. The number of hydrogen-bond acceptors (Lipinski definition) is 1. The minimum absolute atomic E-state index is 0.0659. The van der Waals surface area contributed by atoms with Crippen LogP contribution in [-0.2, 0) is 0 Å². The molecular formula is C10H11ClS. The van der Waals surface area contributed by atoms with Gasteiger partial charge in [0.25, 0.3) is 0 Å². The third kappa shape index (κ3) is 3.30. The molecule has 0 aliphatic carbocycles. The van der Waals surface area contributed by atoms with Crippen LogP contribution in [0.25, 0.3) is 0 Å². The molecule has 0 atom stereocenters. The number of hydrogen-bond donors (Lipinski definition) is 0. The summed E-state index contributed by atoms with van der Waals surface area (Å²) in [4.78, 5) is 1.04. The highest BCUT2D eigenvalue weighted by Gasteiger charge is 2.03. The van der Waals surface area contributed by atoms with E-state index < -0.39 is 0 Å². The summed E-state index contributed by atoms with van der Waals surface area (Å²) < 4.78 is 0. The summed E-state index contributed by atoms with van der Waals surface area (Å²) in [5.41, 5.74) is 0.0659. The Morgan fingerprint density at radius 2 is 2.08 bits per heavy atom. The standard InChI is InChI=1S/C10H11ClS/c1-10(2,3)5-4-9-6-8(11)7-12-9/h6-7H,1-3H3. The topological polar surface area (TPSA) is 0 Å². The summed E-state index contributed by atoms with van der Waals surface area (Å²) in [6.07, 6.45) is 0. The van der Waals surface area contributed by atoms with Crippen LogP contribution >= 0.6 is 22.9 Å². The molecule has 0 bridgehead atoms. The third-order valence-electron chi connectivity index (χ3n) is 1.13. The summed E-state index contributed by atoms with van der Waals surface area (Å²) in [5.74, 6) is 6.24. The summed E-state index contributed by atoms with van der Waals surface area (Å²) >= 11 is 7.34. The van der Waals surface area contributed by atoms with Gasteiger partial charge in [-0.05, 0) is 26.8 Å². The Kier molecular flexibility index (Phi) is 2.82. The molecule has 0 aromatic carbocycles. The molecule has 0 saturated carbocycles. The maximum absolute atomic E-state index is 5.75. The van der Waals surface area contributed by atoms with Gasteiger partial charge < -0.3 is 0 Å². The summed E-state index contributed by atoms with van der Waals surface area (Å²) in [6, 6.07) is 1.89. The molecule has 0 nitrogen and oxygen atoms in total. The molecule has 0 radical (unpaired) electrons. The largest absolute Gasteiger partial charge is 0.134 e. The van der Waals surface area contributed by atoms with E-state index in [0.717, 1.165) is 9.90 Å². The second-order valence-electron chi connectivity index (χ2n) is 3.63. The van der Waals surface area contributed by atoms with Gasteiger partial charge in [-0.15, -0.1) is 11.3 Å². The highest BCUT2D eigenvalue weighted by Crippen LogP contribution is 2.19. The van der Waals surface area contributed by atoms with E-state index in [1.165, 1.54) is 0 Å². The molecule has 1 aromatic heterocycles. The Hall–Kier alpha value is -0.450. The van der Waals surface area contributed by atoms with E-state index in [2.05, 4.69) is 32.6 Å². The minimum atomic E-state index is 0.0659. The zero-order valence-electron chi connectivity index (χ0n) is 7.44. The van der Waals surface area contributed by atoms with Gasteiger partial charge in [0.2, 0.25) is 0 Å². The molecule has 0 spiro atoms. The van der Waals surface area contributed by atoms with Crippen LogP contribution in [0.2, 0.25) is 5.02 Å². The zero-order chi connectivity index (χ0) is 9.19. The molecule has 12 heavy (non-hydrogen) atoms. The Morgan fingerprint density at radius 3 is 2.50 bits per heavy atom. The van der Waals surface area contributed by atoms with E-state index in [4.69, 9.17) is 11.6 Å². The van der Waals surface area contributed by atoms with Gasteiger partial charge in [0.15, 0.2) is 0 Å². The van der Waals surface area contributed by atoms with E-state index in [-0.39, 0.29) is 5.41 Å². The smallest absolute Gasteiger partial charge is 0.0783 e. The van der Waals surface area contributed by atoms with Gasteiger partial charge in [0.1, 0.15) is 0 Å². The Bertz CT molecular complexity index is 320. The van der Waals surface area contributed by atoms with Gasteiger partial charge >= 0.3 is 0 Å². The second kappa shape index (κ2) is 3.51. The van der Waals surface area contributed by atoms with Crippen molar-refractivity contribution in [2.24, 2.45) is 5.41 Å². The van der Waals surface area contributed by atoms with Gasteiger partial charge in [-0.3, -0.25) is 0 Å². The molecule has 0 aliphatic rings. The molecule has 2 heteroatoms.